The van der Waals surface area contributed by atoms with Crippen molar-refractivity contribution in [3.05, 3.63) is 64.9 Å². The standard InChI is InChI=1S/C25H29N5O3S/c1-6-12-34-25-28-24-26-16(3)21(23(31)27-17-9-7-8-15(2)13-17)22(30(24)29-25)19-11-10-18(32-4)14-20(19)33-5/h7-11,13-14,22H,6,12H2,1-5H3,(H,27,31)(H,26,28,29). The van der Waals surface area contributed by atoms with Crippen molar-refractivity contribution in [1.82, 2.24) is 14.8 Å². The van der Waals surface area contributed by atoms with Gasteiger partial charge in [-0.15, -0.1) is 5.10 Å². The normalized spacial score (nSPS) is 14.9. The molecule has 0 fully saturated rings. The molecule has 0 saturated carbocycles. The second kappa shape index (κ2) is 10.2. The third-order valence-corrected chi connectivity index (χ3v) is 6.57. The van der Waals surface area contributed by atoms with Gasteiger partial charge in [-0.25, -0.2) is 4.68 Å². The zero-order valence-corrected chi connectivity index (χ0v) is 20.8. The number of allylic oxidation sites excluding steroid dienone is 1. The third-order valence-electron chi connectivity index (χ3n) is 5.52. The van der Waals surface area contributed by atoms with E-state index in [0.29, 0.717) is 33.9 Å². The Morgan fingerprint density at radius 1 is 1.18 bits per heavy atom. The average Bonchev–Trinajstić information content (AvgIpc) is 3.23. The first-order chi connectivity index (χ1) is 16.4. The predicted octanol–water partition coefficient (Wildman–Crippen LogP) is 5.03. The van der Waals surface area contributed by atoms with Gasteiger partial charge in [0.2, 0.25) is 11.1 Å². The van der Waals surface area contributed by atoms with E-state index in [1.165, 1.54) is 0 Å². The number of hydrogen-bond donors (Lipinski definition) is 2. The van der Waals surface area contributed by atoms with Crippen LogP contribution < -0.4 is 20.1 Å². The quantitative estimate of drug-likeness (QED) is 0.438. The molecule has 0 radical (unpaired) electrons. The summed E-state index contributed by atoms with van der Waals surface area (Å²) in [6.07, 6.45) is 1.01. The maximum absolute atomic E-state index is 13.6. The summed E-state index contributed by atoms with van der Waals surface area (Å²) in [5, 5.41) is 11.7. The Hall–Kier alpha value is -3.46. The van der Waals surface area contributed by atoms with Gasteiger partial charge in [0, 0.05) is 28.8 Å². The number of amides is 1. The number of ether oxygens (including phenoxy) is 2. The lowest BCUT2D eigenvalue weighted by Gasteiger charge is -2.29. The first-order valence-electron chi connectivity index (χ1n) is 11.1. The van der Waals surface area contributed by atoms with Crippen LogP contribution in [0.3, 0.4) is 0 Å². The van der Waals surface area contributed by atoms with E-state index in [2.05, 4.69) is 22.5 Å². The number of anilines is 2. The topological polar surface area (TPSA) is 90.3 Å². The van der Waals surface area contributed by atoms with Crippen molar-refractivity contribution in [3.8, 4) is 11.5 Å². The molecule has 2 heterocycles. The van der Waals surface area contributed by atoms with Crippen LogP contribution in [0.1, 0.15) is 37.4 Å². The number of aryl methyl sites for hydroxylation is 1. The number of hydrogen-bond acceptors (Lipinski definition) is 7. The Bertz CT molecular complexity index is 1240. The van der Waals surface area contributed by atoms with Crippen molar-refractivity contribution in [2.45, 2.75) is 38.4 Å². The van der Waals surface area contributed by atoms with Gasteiger partial charge in [-0.05, 0) is 50.1 Å². The van der Waals surface area contributed by atoms with E-state index in [1.54, 1.807) is 30.7 Å². The van der Waals surface area contributed by atoms with Gasteiger partial charge in [0.25, 0.3) is 5.91 Å². The molecule has 8 nitrogen and oxygen atoms in total. The molecule has 3 aromatic rings. The van der Waals surface area contributed by atoms with Crippen molar-refractivity contribution in [2.24, 2.45) is 0 Å². The van der Waals surface area contributed by atoms with Gasteiger partial charge < -0.3 is 20.1 Å². The van der Waals surface area contributed by atoms with Gasteiger partial charge in [-0.3, -0.25) is 4.79 Å². The second-order valence-corrected chi connectivity index (χ2v) is 9.07. The predicted molar refractivity (Wildman–Crippen MR) is 135 cm³/mol. The lowest BCUT2D eigenvalue weighted by atomic mass is 9.94. The van der Waals surface area contributed by atoms with E-state index >= 15 is 0 Å². The molecule has 4 rings (SSSR count). The third kappa shape index (κ3) is 4.75. The molecule has 9 heteroatoms. The maximum Gasteiger partial charge on any atom is 0.255 e. The minimum absolute atomic E-state index is 0.220. The molecule has 1 atom stereocenters. The van der Waals surface area contributed by atoms with Crippen LogP contribution in [0.2, 0.25) is 0 Å². The fraction of sp³-hybridized carbons (Fsp3) is 0.320. The molecule has 0 aliphatic carbocycles. The number of methoxy groups -OCH3 is 2. The number of benzene rings is 2. The highest BCUT2D eigenvalue weighted by Gasteiger charge is 2.36. The van der Waals surface area contributed by atoms with Crippen molar-refractivity contribution in [2.75, 3.05) is 30.6 Å². The summed E-state index contributed by atoms with van der Waals surface area (Å²) in [5.41, 5.74) is 3.83. The molecule has 0 spiro atoms. The maximum atomic E-state index is 13.6. The molecule has 178 valence electrons. The molecule has 1 amide bonds. The summed E-state index contributed by atoms with van der Waals surface area (Å²) in [6, 6.07) is 12.8. The highest BCUT2D eigenvalue weighted by Crippen LogP contribution is 2.41. The molecule has 0 bridgehead atoms. The minimum Gasteiger partial charge on any atom is -0.497 e. The summed E-state index contributed by atoms with van der Waals surface area (Å²) in [6.45, 7) is 5.99. The Kier molecular flexibility index (Phi) is 7.12. The first kappa shape index (κ1) is 23.7. The monoisotopic (exact) mass is 479 g/mol. The van der Waals surface area contributed by atoms with Crippen molar-refractivity contribution >= 4 is 29.3 Å². The number of nitrogens with zero attached hydrogens (tertiary/aromatic N) is 3. The SMILES string of the molecule is CCCSc1nc2n(n1)C(c1ccc(OC)cc1OC)C(C(=O)Nc1cccc(C)c1)=C(C)N2. The number of fused-ring (bicyclic) bond motifs is 1. The van der Waals surface area contributed by atoms with Gasteiger partial charge in [-0.2, -0.15) is 4.98 Å². The van der Waals surface area contributed by atoms with Crippen molar-refractivity contribution < 1.29 is 14.3 Å². The molecule has 34 heavy (non-hydrogen) atoms. The van der Waals surface area contributed by atoms with Crippen LogP contribution in [0, 0.1) is 6.92 Å². The zero-order valence-electron chi connectivity index (χ0n) is 20.0. The summed E-state index contributed by atoms with van der Waals surface area (Å²) < 4.78 is 12.8. The number of rotatable bonds is 8. The van der Waals surface area contributed by atoms with Crippen LogP contribution >= 0.6 is 11.8 Å². The Morgan fingerprint density at radius 3 is 2.71 bits per heavy atom. The highest BCUT2D eigenvalue weighted by molar-refractivity contribution is 7.99. The van der Waals surface area contributed by atoms with Crippen LogP contribution in [0.25, 0.3) is 0 Å². The minimum atomic E-state index is -0.537. The molecule has 1 aliphatic rings. The van der Waals surface area contributed by atoms with Crippen LogP contribution in [0.5, 0.6) is 11.5 Å². The number of carbonyl (C=O) groups excluding carboxylic acids is 1. The Labute approximate surface area is 203 Å². The van der Waals surface area contributed by atoms with E-state index in [-0.39, 0.29) is 5.91 Å². The van der Waals surface area contributed by atoms with Gasteiger partial charge in [0.15, 0.2) is 0 Å². The molecule has 1 unspecified atom stereocenters. The van der Waals surface area contributed by atoms with E-state index in [9.17, 15) is 4.79 Å². The van der Waals surface area contributed by atoms with Gasteiger partial charge in [0.05, 0.1) is 19.8 Å². The molecule has 2 N–H and O–H groups in total. The second-order valence-electron chi connectivity index (χ2n) is 8.01. The molecule has 1 aromatic heterocycles. The van der Waals surface area contributed by atoms with Crippen LogP contribution in [-0.2, 0) is 4.79 Å². The van der Waals surface area contributed by atoms with Crippen molar-refractivity contribution in [1.29, 1.82) is 0 Å². The number of nitrogens with one attached hydrogen (secondary N) is 2. The number of aromatic nitrogens is 3. The van der Waals surface area contributed by atoms with E-state index in [0.717, 1.165) is 29.0 Å². The number of carbonyl (C=O) groups is 1. The van der Waals surface area contributed by atoms with E-state index in [1.807, 2.05) is 56.3 Å². The smallest absolute Gasteiger partial charge is 0.255 e. The fourth-order valence-electron chi connectivity index (χ4n) is 3.93. The van der Waals surface area contributed by atoms with Gasteiger partial charge in [0.1, 0.15) is 17.5 Å². The van der Waals surface area contributed by atoms with Gasteiger partial charge >= 0.3 is 0 Å². The van der Waals surface area contributed by atoms with Crippen LogP contribution in [0.15, 0.2) is 58.9 Å². The van der Waals surface area contributed by atoms with Crippen LogP contribution in [0.4, 0.5) is 11.6 Å². The molecule has 0 saturated heterocycles. The first-order valence-corrected chi connectivity index (χ1v) is 12.1. The number of thioether (sulfide) groups is 1. The summed E-state index contributed by atoms with van der Waals surface area (Å²) in [4.78, 5) is 18.3. The molecular formula is C25H29N5O3S. The largest absolute Gasteiger partial charge is 0.497 e. The summed E-state index contributed by atoms with van der Waals surface area (Å²) in [7, 11) is 3.21. The molecule has 2 aromatic carbocycles. The average molecular weight is 480 g/mol. The lowest BCUT2D eigenvalue weighted by Crippen LogP contribution is -2.31. The Balaban J connectivity index is 1.82. The van der Waals surface area contributed by atoms with E-state index in [4.69, 9.17) is 14.6 Å². The van der Waals surface area contributed by atoms with E-state index < -0.39 is 6.04 Å². The van der Waals surface area contributed by atoms with Crippen LogP contribution in [-0.4, -0.2) is 40.6 Å². The molecule has 1 aliphatic heterocycles. The molecular weight excluding hydrogens is 450 g/mol. The summed E-state index contributed by atoms with van der Waals surface area (Å²) >= 11 is 1.59. The highest BCUT2D eigenvalue weighted by atomic mass is 32.2. The van der Waals surface area contributed by atoms with Gasteiger partial charge in [-0.1, -0.05) is 30.8 Å². The summed E-state index contributed by atoms with van der Waals surface area (Å²) in [5.74, 6) is 2.55. The van der Waals surface area contributed by atoms with Crippen molar-refractivity contribution in [3.63, 3.8) is 0 Å². The fourth-order valence-corrected chi connectivity index (χ4v) is 4.62. The lowest BCUT2D eigenvalue weighted by molar-refractivity contribution is -0.113. The Morgan fingerprint density at radius 2 is 2.00 bits per heavy atom. The zero-order chi connectivity index (χ0) is 24.2.